The van der Waals surface area contributed by atoms with Gasteiger partial charge in [-0.1, -0.05) is 274 Å². The second kappa shape index (κ2) is 56.7. The number of hydrogen-bond donors (Lipinski definition) is 2. The summed E-state index contributed by atoms with van der Waals surface area (Å²) in [6.45, 7) is 6.91. The lowest BCUT2D eigenvalue weighted by Gasteiger charge is -2.27. The maximum absolute atomic E-state index is 13.5. The summed E-state index contributed by atoms with van der Waals surface area (Å²) in [6.07, 6.45) is 73.3. The van der Waals surface area contributed by atoms with Gasteiger partial charge in [-0.2, -0.15) is 0 Å². The minimum absolute atomic E-state index is 0.0396. The number of likely N-dealkylation sites (N-methyl/N-ethyl adjacent to an activating group) is 1. The van der Waals surface area contributed by atoms with Crippen molar-refractivity contribution in [1.82, 2.24) is 5.32 Å². The molecule has 0 rings (SSSR count). The third-order valence-corrected chi connectivity index (χ3v) is 15.1. The number of allylic oxidation sites excluding steroid dienone is 11. The van der Waals surface area contributed by atoms with Crippen LogP contribution in [0.5, 0.6) is 0 Å². The van der Waals surface area contributed by atoms with E-state index in [1.165, 1.54) is 167 Å². The van der Waals surface area contributed by atoms with Crippen LogP contribution in [0.1, 0.15) is 290 Å². The highest BCUT2D eigenvalue weighted by molar-refractivity contribution is 7.47. The largest absolute Gasteiger partial charge is 0.472 e. The van der Waals surface area contributed by atoms with E-state index in [0.29, 0.717) is 17.4 Å². The number of unbranched alkanes of at least 4 members (excludes halogenated alkanes) is 32. The molecule has 0 aromatic rings. The van der Waals surface area contributed by atoms with Crippen LogP contribution in [0.15, 0.2) is 72.9 Å². The van der Waals surface area contributed by atoms with Crippen molar-refractivity contribution in [2.75, 3.05) is 40.9 Å². The molecule has 3 unspecified atom stereocenters. The normalized spacial score (nSPS) is 14.1. The van der Waals surface area contributed by atoms with Crippen LogP contribution in [0.4, 0.5) is 0 Å². The van der Waals surface area contributed by atoms with Crippen LogP contribution in [0.25, 0.3) is 0 Å². The molecular weight excluding hydrogens is 976 g/mol. The van der Waals surface area contributed by atoms with Gasteiger partial charge in [0.15, 0.2) is 0 Å². The Morgan fingerprint density at radius 2 is 0.831 bits per heavy atom. The van der Waals surface area contributed by atoms with Crippen LogP contribution in [0, 0.1) is 0 Å². The van der Waals surface area contributed by atoms with Gasteiger partial charge in [-0.05, 0) is 76.7 Å². The van der Waals surface area contributed by atoms with E-state index in [4.69, 9.17) is 13.8 Å². The zero-order valence-corrected chi connectivity index (χ0v) is 52.1. The Labute approximate surface area is 476 Å². The van der Waals surface area contributed by atoms with Crippen molar-refractivity contribution < 1.29 is 37.3 Å². The predicted molar refractivity (Wildman–Crippen MR) is 332 cm³/mol. The van der Waals surface area contributed by atoms with Crippen LogP contribution in [0.3, 0.4) is 0 Å². The lowest BCUT2D eigenvalue weighted by Crippen LogP contribution is -2.47. The summed E-state index contributed by atoms with van der Waals surface area (Å²) in [7, 11) is 1.50. The fourth-order valence-electron chi connectivity index (χ4n) is 9.20. The second-order valence-electron chi connectivity index (χ2n) is 22.9. The van der Waals surface area contributed by atoms with Gasteiger partial charge in [0.05, 0.1) is 33.8 Å². The van der Waals surface area contributed by atoms with Crippen molar-refractivity contribution in [2.24, 2.45) is 0 Å². The van der Waals surface area contributed by atoms with Crippen molar-refractivity contribution in [3.63, 3.8) is 0 Å². The van der Waals surface area contributed by atoms with Gasteiger partial charge in [0.2, 0.25) is 5.91 Å². The average Bonchev–Trinajstić information content (AvgIpc) is 3.39. The highest BCUT2D eigenvalue weighted by atomic mass is 31.2. The molecule has 2 N–H and O–H groups in total. The Morgan fingerprint density at radius 3 is 1.25 bits per heavy atom. The predicted octanol–water partition coefficient (Wildman–Crippen LogP) is 20.0. The molecule has 1 amide bonds. The average molecular weight is 1100 g/mol. The van der Waals surface area contributed by atoms with Crippen molar-refractivity contribution in [1.29, 1.82) is 0 Å². The monoisotopic (exact) mass is 1100 g/mol. The summed E-state index contributed by atoms with van der Waals surface area (Å²) in [5.41, 5.74) is 0. The minimum atomic E-state index is -4.45. The summed E-state index contributed by atoms with van der Waals surface area (Å²) in [4.78, 5) is 37.7. The Morgan fingerprint density at radius 1 is 0.468 bits per heavy atom. The maximum Gasteiger partial charge on any atom is 0.472 e. The van der Waals surface area contributed by atoms with Gasteiger partial charge in [-0.3, -0.25) is 18.6 Å². The number of rotatable bonds is 58. The molecule has 10 heteroatoms. The molecule has 0 aromatic heterocycles. The first-order valence-electron chi connectivity index (χ1n) is 32.3. The highest BCUT2D eigenvalue weighted by Crippen LogP contribution is 2.43. The van der Waals surface area contributed by atoms with Crippen molar-refractivity contribution in [3.05, 3.63) is 72.9 Å². The molecule has 0 radical (unpaired) electrons. The molecule has 0 aromatic carbocycles. The smallest absolute Gasteiger partial charge is 0.456 e. The number of phosphoric ester groups is 1. The van der Waals surface area contributed by atoms with Crippen LogP contribution in [-0.4, -0.2) is 74.3 Å². The third kappa shape index (κ3) is 57.9. The van der Waals surface area contributed by atoms with E-state index < -0.39 is 20.0 Å². The number of ether oxygens (including phenoxy) is 1. The number of hydrogen-bond acceptors (Lipinski definition) is 6. The van der Waals surface area contributed by atoms with Gasteiger partial charge in [0.25, 0.3) is 0 Å². The van der Waals surface area contributed by atoms with Gasteiger partial charge in [0.1, 0.15) is 19.3 Å². The molecule has 77 heavy (non-hydrogen) atoms. The Balaban J connectivity index is 5.03. The van der Waals surface area contributed by atoms with Crippen LogP contribution >= 0.6 is 7.82 Å². The molecule has 448 valence electrons. The number of phosphoric acid groups is 1. The number of quaternary nitrogens is 1. The topological polar surface area (TPSA) is 111 Å². The number of carbonyl (C=O) groups excluding carboxylic acids is 2. The third-order valence-electron chi connectivity index (χ3n) is 14.2. The molecule has 0 heterocycles. The van der Waals surface area contributed by atoms with Gasteiger partial charge in [0, 0.05) is 12.8 Å². The van der Waals surface area contributed by atoms with E-state index >= 15 is 0 Å². The van der Waals surface area contributed by atoms with E-state index in [1.807, 2.05) is 33.3 Å². The minimum Gasteiger partial charge on any atom is -0.456 e. The highest BCUT2D eigenvalue weighted by Gasteiger charge is 2.30. The number of nitrogens with one attached hydrogen (secondary N) is 1. The molecule has 0 saturated carbocycles. The molecule has 0 fully saturated rings. The van der Waals surface area contributed by atoms with E-state index in [2.05, 4.69) is 86.8 Å². The lowest BCUT2D eigenvalue weighted by molar-refractivity contribution is -0.870. The SMILES string of the molecule is CC/C=C\C/C=C\C/C=C\C/C=C\C/C=C\CCCCCCCCCCCCCC(=O)OC(/C=C\CCCCCCCCCCC)C(COP(=O)(O)OCC[N+](C)(C)C)NC(=O)CCCCCCCCCCCCCCC. The van der Waals surface area contributed by atoms with E-state index in [1.54, 1.807) is 0 Å². The molecule has 9 nitrogen and oxygen atoms in total. The maximum atomic E-state index is 13.5. The standard InChI is InChI=1S/C67H123N2O7P/c1-7-10-13-16-19-22-25-27-28-29-30-31-32-33-34-35-36-37-38-39-40-42-45-48-51-54-57-60-67(71)76-65(58-55-52-49-46-43-24-21-18-15-12-9-3)64(63-75-77(72,73)74-62-61-69(4,5)6)68-66(70)59-56-53-50-47-44-41-26-23-20-17-14-11-8-2/h10,13,19,22,27-28,30-31,33-34,55,58,64-65H,7-9,11-12,14-18,20-21,23-26,29,32,35-54,56-57,59-63H2,1-6H3,(H-,68,70,72,73)/p+1/b13-10-,22-19-,28-27-,31-30-,34-33-,58-55-. The molecular formula is C67H124N2O7P+. The first-order chi connectivity index (χ1) is 37.4. The molecule has 0 bridgehead atoms. The fourth-order valence-corrected chi connectivity index (χ4v) is 9.94. The van der Waals surface area contributed by atoms with Crippen LogP contribution in [0.2, 0.25) is 0 Å². The summed E-state index contributed by atoms with van der Waals surface area (Å²) in [5, 5.41) is 3.05. The summed E-state index contributed by atoms with van der Waals surface area (Å²) in [6, 6.07) is -0.848. The number of carbonyl (C=O) groups is 2. The van der Waals surface area contributed by atoms with Crippen molar-refractivity contribution in [2.45, 2.75) is 303 Å². The Kier molecular flexibility index (Phi) is 54.8. The van der Waals surface area contributed by atoms with Gasteiger partial charge in [-0.15, -0.1) is 0 Å². The Hall–Kier alpha value is -2.55. The first kappa shape index (κ1) is 74.5. The van der Waals surface area contributed by atoms with Gasteiger partial charge >= 0.3 is 13.8 Å². The fraction of sp³-hybridized carbons (Fsp3) is 0.791. The number of nitrogens with zero attached hydrogens (tertiary/aromatic N) is 1. The van der Waals surface area contributed by atoms with Gasteiger partial charge < -0.3 is 19.4 Å². The zero-order chi connectivity index (χ0) is 56.4. The Bertz CT molecular complexity index is 1550. The lowest BCUT2D eigenvalue weighted by atomic mass is 10.0. The molecule has 3 atom stereocenters. The number of esters is 1. The zero-order valence-electron chi connectivity index (χ0n) is 51.2. The van der Waals surface area contributed by atoms with E-state index in [9.17, 15) is 19.0 Å². The summed E-state index contributed by atoms with van der Waals surface area (Å²) < 4.78 is 30.7. The van der Waals surface area contributed by atoms with E-state index in [0.717, 1.165) is 89.9 Å². The van der Waals surface area contributed by atoms with Crippen molar-refractivity contribution in [3.8, 4) is 0 Å². The second-order valence-corrected chi connectivity index (χ2v) is 24.4. The van der Waals surface area contributed by atoms with Gasteiger partial charge in [-0.25, -0.2) is 4.57 Å². The number of amides is 1. The van der Waals surface area contributed by atoms with Crippen molar-refractivity contribution >= 4 is 19.7 Å². The molecule has 0 aliphatic carbocycles. The molecule has 0 saturated heterocycles. The van der Waals surface area contributed by atoms with Crippen LogP contribution in [-0.2, 0) is 27.9 Å². The molecule has 0 aliphatic rings. The molecule has 0 aliphatic heterocycles. The molecule has 0 spiro atoms. The quantitative estimate of drug-likeness (QED) is 0.0205. The first-order valence-corrected chi connectivity index (χ1v) is 33.8. The van der Waals surface area contributed by atoms with Crippen LogP contribution < -0.4 is 5.32 Å². The van der Waals surface area contributed by atoms with E-state index in [-0.39, 0.29) is 31.5 Å². The summed E-state index contributed by atoms with van der Waals surface area (Å²) >= 11 is 0. The summed E-state index contributed by atoms with van der Waals surface area (Å²) in [5.74, 6) is -0.503.